The molecule has 2 aromatic carbocycles. The lowest BCUT2D eigenvalue weighted by molar-refractivity contribution is 0.0750. The summed E-state index contributed by atoms with van der Waals surface area (Å²) in [6.45, 7) is -0.674. The number of rotatable bonds is 4. The Balaban J connectivity index is 2.40. The summed E-state index contributed by atoms with van der Waals surface area (Å²) in [5, 5.41) is 19.4. The zero-order chi connectivity index (χ0) is 16.4. The molecule has 0 bridgehead atoms. The highest BCUT2D eigenvalue weighted by molar-refractivity contribution is 5.80. The topological polar surface area (TPSA) is 84.5 Å². The molecule has 23 heavy (non-hydrogen) atoms. The molecule has 1 atom stereocenters. The lowest BCUT2D eigenvalue weighted by atomic mass is 10.2. The lowest BCUT2D eigenvalue weighted by Crippen LogP contribution is -2.41. The van der Waals surface area contributed by atoms with Crippen molar-refractivity contribution in [1.82, 2.24) is 9.36 Å². The van der Waals surface area contributed by atoms with Gasteiger partial charge < -0.3 is 10.2 Å². The molecule has 0 aliphatic rings. The summed E-state index contributed by atoms with van der Waals surface area (Å²) in [6, 6.07) is 15.3. The molecule has 118 valence electrons. The Kier molecular flexibility index (Phi) is 4.10. The molecule has 0 aliphatic carbocycles. The predicted molar refractivity (Wildman–Crippen MR) is 86.9 cm³/mol. The van der Waals surface area contributed by atoms with E-state index in [9.17, 15) is 14.7 Å². The number of nitrogens with zero attached hydrogens (tertiary/aromatic N) is 2. The molecule has 3 aromatic rings. The summed E-state index contributed by atoms with van der Waals surface area (Å²) in [7, 11) is 0. The van der Waals surface area contributed by atoms with E-state index < -0.39 is 18.3 Å². The molecular weight excluding hydrogens is 296 g/mol. The van der Waals surface area contributed by atoms with Crippen molar-refractivity contribution < 1.29 is 10.2 Å². The number of hydrogen-bond acceptors (Lipinski definition) is 4. The third kappa shape index (κ3) is 2.69. The second kappa shape index (κ2) is 6.20. The minimum absolute atomic E-state index is 0.176. The van der Waals surface area contributed by atoms with Crippen molar-refractivity contribution in [3.05, 3.63) is 75.3 Å². The summed E-state index contributed by atoms with van der Waals surface area (Å²) in [5.41, 5.74) is -0.224. The Hall–Kier alpha value is -2.70. The van der Waals surface area contributed by atoms with Crippen LogP contribution in [0.15, 0.2) is 64.2 Å². The second-order valence-corrected chi connectivity index (χ2v) is 5.22. The van der Waals surface area contributed by atoms with Crippen molar-refractivity contribution in [2.45, 2.75) is 12.6 Å². The maximum atomic E-state index is 12.8. The van der Waals surface area contributed by atoms with Crippen LogP contribution >= 0.6 is 0 Å². The average molecular weight is 312 g/mol. The molecule has 0 spiro atoms. The van der Waals surface area contributed by atoms with Crippen LogP contribution in [0.5, 0.6) is 0 Å². The first-order chi connectivity index (χ1) is 11.1. The van der Waals surface area contributed by atoms with Crippen LogP contribution in [-0.2, 0) is 6.54 Å². The molecule has 1 aromatic heterocycles. The number of aliphatic hydroxyl groups is 2. The molecule has 0 amide bonds. The smallest absolute Gasteiger partial charge is 0.278 e. The molecule has 1 unspecified atom stereocenters. The van der Waals surface area contributed by atoms with Crippen LogP contribution in [-0.4, -0.2) is 32.3 Å². The minimum Gasteiger partial charge on any atom is -0.394 e. The van der Waals surface area contributed by atoms with E-state index in [0.717, 1.165) is 0 Å². The standard InChI is InChI=1S/C17H16N2O4/c20-11-13(21)10-18-16(22)14-8-4-5-9-15(14)17(23)19(18)12-6-2-1-3-7-12/h1-9,13,20-21H,10-11H2. The normalized spacial score (nSPS) is 12.4. The van der Waals surface area contributed by atoms with Crippen molar-refractivity contribution >= 4 is 10.8 Å². The first kappa shape index (κ1) is 15.2. The van der Waals surface area contributed by atoms with Gasteiger partial charge in [-0.2, -0.15) is 0 Å². The van der Waals surface area contributed by atoms with Crippen molar-refractivity contribution in [3.8, 4) is 5.69 Å². The number of aromatic nitrogens is 2. The Labute approximate surface area is 131 Å². The average Bonchev–Trinajstić information content (AvgIpc) is 2.60. The molecule has 0 saturated heterocycles. The van der Waals surface area contributed by atoms with Gasteiger partial charge in [-0.05, 0) is 24.3 Å². The molecule has 0 fully saturated rings. The van der Waals surface area contributed by atoms with Crippen LogP contribution in [0.4, 0.5) is 0 Å². The van der Waals surface area contributed by atoms with Gasteiger partial charge in [-0.25, -0.2) is 9.36 Å². The largest absolute Gasteiger partial charge is 0.394 e. The van der Waals surface area contributed by atoms with E-state index in [-0.39, 0.29) is 17.5 Å². The monoisotopic (exact) mass is 312 g/mol. The van der Waals surface area contributed by atoms with Crippen molar-refractivity contribution in [2.75, 3.05) is 6.61 Å². The van der Waals surface area contributed by atoms with Crippen molar-refractivity contribution in [3.63, 3.8) is 0 Å². The summed E-state index contributed by atoms with van der Waals surface area (Å²) in [5.74, 6) is 0. The Morgan fingerprint density at radius 2 is 1.43 bits per heavy atom. The highest BCUT2D eigenvalue weighted by Crippen LogP contribution is 2.09. The van der Waals surface area contributed by atoms with Gasteiger partial charge in [-0.15, -0.1) is 0 Å². The van der Waals surface area contributed by atoms with Gasteiger partial charge >= 0.3 is 0 Å². The third-order valence-corrected chi connectivity index (χ3v) is 3.65. The molecule has 1 heterocycles. The Morgan fingerprint density at radius 3 is 2.04 bits per heavy atom. The van der Waals surface area contributed by atoms with E-state index in [1.807, 2.05) is 0 Å². The maximum absolute atomic E-state index is 12.8. The fraction of sp³-hybridized carbons (Fsp3) is 0.176. The predicted octanol–water partition coefficient (Wildman–Crippen LogP) is 0.506. The van der Waals surface area contributed by atoms with Crippen LogP contribution < -0.4 is 11.1 Å². The van der Waals surface area contributed by atoms with E-state index in [1.165, 1.54) is 9.36 Å². The van der Waals surface area contributed by atoms with Gasteiger partial charge in [0.25, 0.3) is 11.1 Å². The van der Waals surface area contributed by atoms with E-state index >= 15 is 0 Å². The molecule has 6 nitrogen and oxygen atoms in total. The first-order valence-electron chi connectivity index (χ1n) is 7.22. The molecule has 2 N–H and O–H groups in total. The zero-order valence-corrected chi connectivity index (χ0v) is 12.3. The molecule has 6 heteroatoms. The summed E-state index contributed by atoms with van der Waals surface area (Å²) >= 11 is 0. The van der Waals surface area contributed by atoms with Gasteiger partial charge in [0.1, 0.15) is 0 Å². The van der Waals surface area contributed by atoms with Gasteiger partial charge in [0.15, 0.2) is 0 Å². The molecule has 3 rings (SSSR count). The van der Waals surface area contributed by atoms with E-state index in [4.69, 9.17) is 5.11 Å². The summed E-state index contributed by atoms with van der Waals surface area (Å²) in [6.07, 6.45) is -1.14. The fourth-order valence-corrected chi connectivity index (χ4v) is 2.56. The van der Waals surface area contributed by atoms with Gasteiger partial charge in [-0.1, -0.05) is 30.3 Å². The number of hydrogen-bond donors (Lipinski definition) is 2. The second-order valence-electron chi connectivity index (χ2n) is 5.22. The Bertz CT molecular complexity index is 944. The SMILES string of the molecule is O=c1c2ccccc2c(=O)n(-c2ccccc2)n1CC(O)CO. The Morgan fingerprint density at radius 1 is 0.870 bits per heavy atom. The number of benzene rings is 2. The van der Waals surface area contributed by atoms with Gasteiger partial charge in [0, 0.05) is 0 Å². The highest BCUT2D eigenvalue weighted by atomic mass is 16.3. The maximum Gasteiger partial charge on any atom is 0.278 e. The number of fused-ring (bicyclic) bond motifs is 1. The van der Waals surface area contributed by atoms with Crippen LogP contribution in [0.25, 0.3) is 16.5 Å². The van der Waals surface area contributed by atoms with Crippen LogP contribution in [0, 0.1) is 0 Å². The van der Waals surface area contributed by atoms with Gasteiger partial charge in [0.2, 0.25) is 0 Å². The van der Waals surface area contributed by atoms with Crippen LogP contribution in [0.3, 0.4) is 0 Å². The van der Waals surface area contributed by atoms with Crippen molar-refractivity contribution in [2.24, 2.45) is 0 Å². The highest BCUT2D eigenvalue weighted by Gasteiger charge is 2.16. The minimum atomic E-state index is -1.14. The first-order valence-corrected chi connectivity index (χ1v) is 7.22. The van der Waals surface area contributed by atoms with E-state index in [2.05, 4.69) is 0 Å². The number of para-hydroxylation sites is 1. The molecule has 0 saturated carbocycles. The van der Waals surface area contributed by atoms with Gasteiger partial charge in [0.05, 0.1) is 35.7 Å². The fourth-order valence-electron chi connectivity index (χ4n) is 2.56. The van der Waals surface area contributed by atoms with E-state index in [0.29, 0.717) is 11.1 Å². The molecular formula is C17H16N2O4. The number of aliphatic hydroxyl groups excluding tert-OH is 2. The molecule has 0 radical (unpaired) electrons. The molecule has 0 aliphatic heterocycles. The lowest BCUT2D eigenvalue weighted by Gasteiger charge is -2.18. The van der Waals surface area contributed by atoms with Crippen LogP contribution in [0.2, 0.25) is 0 Å². The summed E-state index contributed by atoms with van der Waals surface area (Å²) < 4.78 is 2.41. The summed E-state index contributed by atoms with van der Waals surface area (Å²) in [4.78, 5) is 25.6. The quantitative estimate of drug-likeness (QED) is 0.735. The van der Waals surface area contributed by atoms with Crippen LogP contribution in [0.1, 0.15) is 0 Å². The van der Waals surface area contributed by atoms with Crippen molar-refractivity contribution in [1.29, 1.82) is 0 Å². The zero-order valence-electron chi connectivity index (χ0n) is 12.3. The van der Waals surface area contributed by atoms with E-state index in [1.54, 1.807) is 54.6 Å². The van der Waals surface area contributed by atoms with Gasteiger partial charge in [-0.3, -0.25) is 9.59 Å². The third-order valence-electron chi connectivity index (χ3n) is 3.65.